The lowest BCUT2D eigenvalue weighted by Crippen LogP contribution is -2.04. The summed E-state index contributed by atoms with van der Waals surface area (Å²) >= 11 is 11.3. The molecule has 1 aromatic carbocycles. The summed E-state index contributed by atoms with van der Waals surface area (Å²) in [4.78, 5) is 4.01. The molecule has 0 bridgehead atoms. The number of aromatic nitrogens is 1. The summed E-state index contributed by atoms with van der Waals surface area (Å²) < 4.78 is 13.2. The Kier molecular flexibility index (Phi) is 4.17. The molecule has 0 saturated heterocycles. The number of aliphatic hydroxyl groups is 1. The van der Waals surface area contributed by atoms with E-state index in [0.717, 1.165) is 0 Å². The van der Waals surface area contributed by atoms with Gasteiger partial charge in [0.2, 0.25) is 0 Å². The summed E-state index contributed by atoms with van der Waals surface area (Å²) in [6, 6.07) is 7.73. The van der Waals surface area contributed by atoms with E-state index in [1.165, 1.54) is 18.3 Å². The summed E-state index contributed by atoms with van der Waals surface area (Å²) in [5, 5.41) is 10.5. The lowest BCUT2D eigenvalue weighted by atomic mass is 10.1. The lowest BCUT2D eigenvalue weighted by molar-refractivity contribution is 0.173. The van der Waals surface area contributed by atoms with Gasteiger partial charge in [-0.25, -0.2) is 4.39 Å². The van der Waals surface area contributed by atoms with E-state index in [4.69, 9.17) is 23.2 Å². The van der Waals surface area contributed by atoms with Crippen LogP contribution in [-0.4, -0.2) is 10.1 Å². The predicted molar refractivity (Wildman–Crippen MR) is 69.3 cm³/mol. The highest BCUT2D eigenvalue weighted by molar-refractivity contribution is 6.30. The molecule has 0 radical (unpaired) electrons. The molecule has 2 aromatic rings. The molecule has 1 heterocycles. The molecule has 1 N–H and O–H groups in total. The molecule has 0 aliphatic rings. The Morgan fingerprint density at radius 3 is 2.61 bits per heavy atom. The van der Waals surface area contributed by atoms with E-state index in [1.807, 2.05) is 0 Å². The quantitative estimate of drug-likeness (QED) is 0.930. The van der Waals surface area contributed by atoms with Crippen LogP contribution in [0.25, 0.3) is 0 Å². The van der Waals surface area contributed by atoms with Crippen LogP contribution in [0.4, 0.5) is 4.39 Å². The maximum atomic E-state index is 13.2. The van der Waals surface area contributed by atoms with Gasteiger partial charge >= 0.3 is 0 Å². The Balaban J connectivity index is 2.13. The summed E-state index contributed by atoms with van der Waals surface area (Å²) in [5.74, 6) is -0.495. The molecule has 0 saturated carbocycles. The van der Waals surface area contributed by atoms with E-state index >= 15 is 0 Å². The highest BCUT2D eigenvalue weighted by Gasteiger charge is 2.11. The largest absolute Gasteiger partial charge is 0.386 e. The molecule has 2 nitrogen and oxygen atoms in total. The second-order valence-corrected chi connectivity index (χ2v) is 4.71. The highest BCUT2D eigenvalue weighted by atomic mass is 35.5. The molecule has 1 atom stereocenters. The Labute approximate surface area is 114 Å². The van der Waals surface area contributed by atoms with Crippen LogP contribution in [0.15, 0.2) is 36.5 Å². The highest BCUT2D eigenvalue weighted by Crippen LogP contribution is 2.21. The van der Waals surface area contributed by atoms with E-state index in [0.29, 0.717) is 16.3 Å². The third kappa shape index (κ3) is 3.19. The van der Waals surface area contributed by atoms with Crippen molar-refractivity contribution in [2.24, 2.45) is 0 Å². The van der Waals surface area contributed by atoms with Crippen molar-refractivity contribution in [2.45, 2.75) is 12.5 Å². The Hall–Kier alpha value is -1.16. The number of nitrogens with zero attached hydrogens (tertiary/aromatic N) is 1. The van der Waals surface area contributed by atoms with Crippen molar-refractivity contribution < 1.29 is 9.50 Å². The molecular formula is C13H10Cl2FNO. The molecule has 2 rings (SSSR count). The van der Waals surface area contributed by atoms with Gasteiger partial charge < -0.3 is 5.11 Å². The van der Waals surface area contributed by atoms with Gasteiger partial charge in [-0.15, -0.1) is 0 Å². The normalized spacial score (nSPS) is 12.4. The van der Waals surface area contributed by atoms with Gasteiger partial charge in [-0.2, -0.15) is 0 Å². The Morgan fingerprint density at radius 2 is 2.00 bits per heavy atom. The van der Waals surface area contributed by atoms with Crippen molar-refractivity contribution in [2.75, 3.05) is 0 Å². The first-order valence-corrected chi connectivity index (χ1v) is 6.05. The zero-order valence-corrected chi connectivity index (χ0v) is 10.8. The molecular weight excluding hydrogens is 276 g/mol. The van der Waals surface area contributed by atoms with Crippen molar-refractivity contribution in [3.8, 4) is 0 Å². The smallest absolute Gasteiger partial charge is 0.142 e. The van der Waals surface area contributed by atoms with Crippen molar-refractivity contribution >= 4 is 23.2 Å². The molecule has 0 spiro atoms. The van der Waals surface area contributed by atoms with Gasteiger partial charge in [-0.05, 0) is 29.8 Å². The number of hydrogen-bond donors (Lipinski definition) is 1. The maximum absolute atomic E-state index is 13.2. The Bertz CT molecular complexity index is 545. The lowest BCUT2D eigenvalue weighted by Gasteiger charge is -2.10. The second kappa shape index (κ2) is 5.65. The zero-order valence-electron chi connectivity index (χ0n) is 9.28. The first-order valence-electron chi connectivity index (χ1n) is 5.29. The third-order valence-corrected chi connectivity index (χ3v) is 3.03. The van der Waals surface area contributed by atoms with Gasteiger partial charge in [0.1, 0.15) is 5.82 Å². The molecule has 5 heteroatoms. The first kappa shape index (κ1) is 13.3. The van der Waals surface area contributed by atoms with Crippen LogP contribution in [0.5, 0.6) is 0 Å². The van der Waals surface area contributed by atoms with Crippen molar-refractivity contribution in [1.29, 1.82) is 0 Å². The fourth-order valence-corrected chi connectivity index (χ4v) is 1.81. The minimum atomic E-state index is -0.803. The van der Waals surface area contributed by atoms with Gasteiger partial charge in [-0.3, -0.25) is 4.98 Å². The number of hydrogen-bond acceptors (Lipinski definition) is 2. The molecule has 0 amide bonds. The summed E-state index contributed by atoms with van der Waals surface area (Å²) in [5.41, 5.74) is 1.15. The zero-order chi connectivity index (χ0) is 13.1. The number of pyridine rings is 1. The predicted octanol–water partition coefficient (Wildman–Crippen LogP) is 3.80. The fraction of sp³-hybridized carbons (Fsp3) is 0.154. The molecule has 18 heavy (non-hydrogen) atoms. The molecule has 1 unspecified atom stereocenters. The molecule has 94 valence electrons. The summed E-state index contributed by atoms with van der Waals surface area (Å²) in [6.45, 7) is 0. The van der Waals surface area contributed by atoms with E-state index < -0.39 is 11.9 Å². The van der Waals surface area contributed by atoms with Gasteiger partial charge in [0, 0.05) is 12.6 Å². The molecule has 0 aliphatic carbocycles. The van der Waals surface area contributed by atoms with Gasteiger partial charge in [-0.1, -0.05) is 29.3 Å². The standard InChI is InChI=1S/C13H10Cl2FNO/c14-9-2-4-12(17-7-9)13(18)6-8-1-3-10(15)11(16)5-8/h1-5,7,13,18H,6H2. The molecule has 0 aliphatic heterocycles. The average Bonchev–Trinajstić information content (AvgIpc) is 2.34. The van der Waals surface area contributed by atoms with Crippen LogP contribution in [0.2, 0.25) is 10.0 Å². The minimum absolute atomic E-state index is 0.0675. The fourth-order valence-electron chi connectivity index (χ4n) is 1.58. The van der Waals surface area contributed by atoms with Gasteiger partial charge in [0.25, 0.3) is 0 Å². The van der Waals surface area contributed by atoms with E-state index in [1.54, 1.807) is 18.2 Å². The van der Waals surface area contributed by atoms with Crippen molar-refractivity contribution in [3.63, 3.8) is 0 Å². The van der Waals surface area contributed by atoms with Gasteiger partial charge in [0.05, 0.1) is 21.8 Å². The summed E-state index contributed by atoms with van der Waals surface area (Å²) in [7, 11) is 0. The van der Waals surface area contributed by atoms with E-state index in [2.05, 4.69) is 4.98 Å². The van der Waals surface area contributed by atoms with Crippen LogP contribution in [-0.2, 0) is 6.42 Å². The third-order valence-electron chi connectivity index (χ3n) is 2.50. The number of rotatable bonds is 3. The van der Waals surface area contributed by atoms with Crippen LogP contribution in [0, 0.1) is 5.82 Å². The van der Waals surface area contributed by atoms with Crippen molar-refractivity contribution in [1.82, 2.24) is 4.98 Å². The van der Waals surface area contributed by atoms with Crippen LogP contribution < -0.4 is 0 Å². The average molecular weight is 286 g/mol. The Morgan fingerprint density at radius 1 is 1.22 bits per heavy atom. The number of aliphatic hydroxyl groups excluding tert-OH is 1. The number of benzene rings is 1. The van der Waals surface area contributed by atoms with Crippen molar-refractivity contribution in [3.05, 3.63) is 63.6 Å². The van der Waals surface area contributed by atoms with E-state index in [9.17, 15) is 9.50 Å². The first-order chi connectivity index (χ1) is 8.56. The van der Waals surface area contributed by atoms with Crippen LogP contribution >= 0.6 is 23.2 Å². The van der Waals surface area contributed by atoms with E-state index in [-0.39, 0.29) is 11.4 Å². The second-order valence-electron chi connectivity index (χ2n) is 3.87. The maximum Gasteiger partial charge on any atom is 0.142 e. The number of halogens is 3. The topological polar surface area (TPSA) is 33.1 Å². The van der Waals surface area contributed by atoms with Crippen LogP contribution in [0.1, 0.15) is 17.4 Å². The molecule has 0 fully saturated rings. The monoisotopic (exact) mass is 285 g/mol. The minimum Gasteiger partial charge on any atom is -0.386 e. The summed E-state index contributed by atoms with van der Waals surface area (Å²) in [6.07, 6.45) is 0.925. The van der Waals surface area contributed by atoms with Gasteiger partial charge in [0.15, 0.2) is 0 Å². The van der Waals surface area contributed by atoms with Crippen LogP contribution in [0.3, 0.4) is 0 Å². The SMILES string of the molecule is OC(Cc1ccc(Cl)c(F)c1)c1ccc(Cl)cn1. The molecule has 1 aromatic heterocycles.